The van der Waals surface area contributed by atoms with E-state index in [9.17, 15) is 13.2 Å². The maximum absolute atomic E-state index is 12.9. The van der Waals surface area contributed by atoms with Gasteiger partial charge < -0.3 is 14.3 Å². The Labute approximate surface area is 117 Å². The second-order valence-electron chi connectivity index (χ2n) is 3.71. The van der Waals surface area contributed by atoms with Crippen LogP contribution in [-0.2, 0) is 14.3 Å². The summed E-state index contributed by atoms with van der Waals surface area (Å²) in [5.41, 5.74) is -1.30. The first kappa shape index (κ1) is 14.5. The van der Waals surface area contributed by atoms with Gasteiger partial charge in [0.1, 0.15) is 12.5 Å². The highest BCUT2D eigenvalue weighted by Crippen LogP contribution is 2.24. The second kappa shape index (κ2) is 6.04. The number of oxime groups is 1. The largest absolute Gasteiger partial charge is 0.456 e. The first-order valence-electron chi connectivity index (χ1n) is 5.46. The summed E-state index contributed by atoms with van der Waals surface area (Å²) in [6, 6.07) is 5.10. The van der Waals surface area contributed by atoms with Gasteiger partial charge in [-0.15, -0.1) is 0 Å². The van der Waals surface area contributed by atoms with Crippen molar-refractivity contribution in [3.63, 3.8) is 0 Å². The summed E-state index contributed by atoms with van der Waals surface area (Å²) in [4.78, 5) is 4.64. The molecule has 0 saturated carbocycles. The summed E-state index contributed by atoms with van der Waals surface area (Å²) in [5, 5.41) is 3.45. The van der Waals surface area contributed by atoms with Gasteiger partial charge in [-0.1, -0.05) is 28.9 Å². The van der Waals surface area contributed by atoms with E-state index in [0.29, 0.717) is 5.02 Å². The van der Waals surface area contributed by atoms with Crippen LogP contribution in [0, 0.1) is 0 Å². The van der Waals surface area contributed by atoms with Gasteiger partial charge in [0, 0.05) is 10.6 Å². The van der Waals surface area contributed by atoms with E-state index in [2.05, 4.69) is 9.99 Å². The van der Waals surface area contributed by atoms with Crippen molar-refractivity contribution in [3.05, 3.63) is 47.4 Å². The van der Waals surface area contributed by atoms with Gasteiger partial charge in [-0.05, 0) is 12.1 Å². The fraction of sp³-hybridized carbons (Fsp3) is 0.250. The fourth-order valence-electron chi connectivity index (χ4n) is 1.39. The summed E-state index contributed by atoms with van der Waals surface area (Å²) < 4.78 is 48.4. The lowest BCUT2D eigenvalue weighted by Gasteiger charge is -2.12. The smallest absolute Gasteiger partial charge is 0.437 e. The van der Waals surface area contributed by atoms with Gasteiger partial charge in [-0.25, -0.2) is 0 Å². The van der Waals surface area contributed by atoms with E-state index in [1.54, 1.807) is 0 Å². The molecule has 0 unspecified atom stereocenters. The van der Waals surface area contributed by atoms with Crippen molar-refractivity contribution in [2.45, 2.75) is 12.5 Å². The standard InChI is InChI=1S/C12H9ClF3NO3/c13-9-3-1-8(2-4-9)11(12(14,15)16)17-20-7-10-18-5-6-19-10/h1-6,10H,7H2/b17-11-. The molecule has 1 aromatic carbocycles. The third-order valence-electron chi connectivity index (χ3n) is 2.27. The predicted octanol–water partition coefficient (Wildman–Crippen LogP) is 3.47. The maximum Gasteiger partial charge on any atom is 0.437 e. The van der Waals surface area contributed by atoms with E-state index in [1.807, 2.05) is 0 Å². The molecular weight excluding hydrogens is 299 g/mol. The van der Waals surface area contributed by atoms with Crippen LogP contribution in [0.4, 0.5) is 13.2 Å². The van der Waals surface area contributed by atoms with E-state index >= 15 is 0 Å². The fourth-order valence-corrected chi connectivity index (χ4v) is 1.51. The molecule has 1 aliphatic heterocycles. The van der Waals surface area contributed by atoms with Crippen LogP contribution in [0.15, 0.2) is 41.9 Å². The minimum atomic E-state index is -4.65. The highest BCUT2D eigenvalue weighted by Gasteiger charge is 2.38. The molecule has 0 saturated heterocycles. The monoisotopic (exact) mass is 307 g/mol. The highest BCUT2D eigenvalue weighted by atomic mass is 35.5. The van der Waals surface area contributed by atoms with Gasteiger partial charge in [0.25, 0.3) is 6.29 Å². The molecule has 0 radical (unpaired) electrons. The zero-order chi connectivity index (χ0) is 14.6. The predicted molar refractivity (Wildman–Crippen MR) is 65.1 cm³/mol. The SMILES string of the molecule is FC(F)(F)/C(=N\OCC1OC=CO1)c1ccc(Cl)cc1. The Morgan fingerprint density at radius 2 is 1.80 bits per heavy atom. The van der Waals surface area contributed by atoms with Crippen molar-refractivity contribution in [2.24, 2.45) is 5.16 Å². The molecule has 0 fully saturated rings. The van der Waals surface area contributed by atoms with Crippen LogP contribution >= 0.6 is 11.6 Å². The Morgan fingerprint density at radius 1 is 1.20 bits per heavy atom. The molecule has 0 bridgehead atoms. The molecule has 2 rings (SSSR count). The second-order valence-corrected chi connectivity index (χ2v) is 4.15. The first-order valence-corrected chi connectivity index (χ1v) is 5.83. The van der Waals surface area contributed by atoms with E-state index in [1.165, 1.54) is 36.8 Å². The van der Waals surface area contributed by atoms with Crippen LogP contribution in [0.25, 0.3) is 0 Å². The Morgan fingerprint density at radius 3 is 2.35 bits per heavy atom. The molecule has 0 N–H and O–H groups in total. The van der Waals surface area contributed by atoms with Crippen LogP contribution in [0.2, 0.25) is 5.02 Å². The molecule has 108 valence electrons. The maximum atomic E-state index is 12.9. The molecule has 0 aliphatic carbocycles. The number of halogens is 4. The van der Waals surface area contributed by atoms with Gasteiger partial charge in [-0.2, -0.15) is 13.2 Å². The van der Waals surface area contributed by atoms with Gasteiger partial charge in [-0.3, -0.25) is 0 Å². The van der Waals surface area contributed by atoms with Crippen molar-refractivity contribution < 1.29 is 27.5 Å². The number of ether oxygens (including phenoxy) is 2. The third kappa shape index (κ3) is 3.80. The van der Waals surface area contributed by atoms with Crippen LogP contribution in [0.3, 0.4) is 0 Å². The minimum Gasteiger partial charge on any atom is -0.456 e. The zero-order valence-electron chi connectivity index (χ0n) is 9.93. The Balaban J connectivity index is 2.08. The number of hydrogen-bond acceptors (Lipinski definition) is 4. The number of benzene rings is 1. The van der Waals surface area contributed by atoms with Gasteiger partial charge in [0.15, 0.2) is 12.3 Å². The Bertz CT molecular complexity index is 506. The lowest BCUT2D eigenvalue weighted by molar-refractivity contribution is -0.0868. The number of nitrogens with zero attached hydrogens (tertiary/aromatic N) is 1. The average molecular weight is 308 g/mol. The molecule has 8 heteroatoms. The molecule has 4 nitrogen and oxygen atoms in total. The molecule has 20 heavy (non-hydrogen) atoms. The van der Waals surface area contributed by atoms with Crippen molar-refractivity contribution in [1.29, 1.82) is 0 Å². The quantitative estimate of drug-likeness (QED) is 0.631. The molecule has 1 aromatic rings. The summed E-state index contributed by atoms with van der Waals surface area (Å²) in [5.74, 6) is 0. The number of alkyl halides is 3. The van der Waals surface area contributed by atoms with Crippen molar-refractivity contribution in [1.82, 2.24) is 0 Å². The lowest BCUT2D eigenvalue weighted by Crippen LogP contribution is -2.25. The first-order chi connectivity index (χ1) is 9.47. The topological polar surface area (TPSA) is 40.0 Å². The van der Waals surface area contributed by atoms with Crippen molar-refractivity contribution in [3.8, 4) is 0 Å². The van der Waals surface area contributed by atoms with Crippen molar-refractivity contribution >= 4 is 17.3 Å². The van der Waals surface area contributed by atoms with Gasteiger partial charge in [0.05, 0.1) is 0 Å². The highest BCUT2D eigenvalue weighted by molar-refractivity contribution is 6.30. The Kier molecular flexibility index (Phi) is 4.39. The van der Waals surface area contributed by atoms with Crippen molar-refractivity contribution in [2.75, 3.05) is 6.61 Å². The molecule has 0 spiro atoms. The summed E-state index contributed by atoms with van der Waals surface area (Å²) in [7, 11) is 0. The van der Waals surface area contributed by atoms with Crippen LogP contribution in [0.5, 0.6) is 0 Å². The summed E-state index contributed by atoms with van der Waals surface area (Å²) in [6.45, 7) is -0.264. The van der Waals surface area contributed by atoms with Crippen LogP contribution in [-0.4, -0.2) is 24.8 Å². The molecular formula is C12H9ClF3NO3. The van der Waals surface area contributed by atoms with E-state index in [-0.39, 0.29) is 12.2 Å². The number of rotatable bonds is 4. The van der Waals surface area contributed by atoms with Crippen LogP contribution < -0.4 is 0 Å². The third-order valence-corrected chi connectivity index (χ3v) is 2.52. The normalized spacial score (nSPS) is 15.9. The summed E-state index contributed by atoms with van der Waals surface area (Å²) in [6.07, 6.45) is -2.91. The molecule has 0 atom stereocenters. The zero-order valence-corrected chi connectivity index (χ0v) is 10.7. The number of hydrogen-bond donors (Lipinski definition) is 0. The van der Waals surface area contributed by atoms with E-state index in [4.69, 9.17) is 21.1 Å². The molecule has 0 amide bonds. The molecule has 1 aliphatic rings. The average Bonchev–Trinajstić information content (AvgIpc) is 2.88. The summed E-state index contributed by atoms with van der Waals surface area (Å²) >= 11 is 5.63. The molecule has 1 heterocycles. The van der Waals surface area contributed by atoms with Crippen LogP contribution in [0.1, 0.15) is 5.56 Å². The van der Waals surface area contributed by atoms with Gasteiger partial charge >= 0.3 is 6.18 Å². The molecule has 0 aromatic heterocycles. The van der Waals surface area contributed by atoms with E-state index in [0.717, 1.165) is 0 Å². The van der Waals surface area contributed by atoms with E-state index < -0.39 is 18.2 Å². The minimum absolute atomic E-state index is 0.145. The van der Waals surface area contributed by atoms with Gasteiger partial charge in [0.2, 0.25) is 0 Å². The Hall–Kier alpha value is -1.89. The lowest BCUT2D eigenvalue weighted by atomic mass is 10.1.